The molecule has 0 amide bonds. The highest BCUT2D eigenvalue weighted by Gasteiger charge is 2.30. The van der Waals surface area contributed by atoms with Crippen molar-refractivity contribution in [2.24, 2.45) is 11.8 Å². The monoisotopic (exact) mass is 1350 g/mol. The van der Waals surface area contributed by atoms with Crippen LogP contribution in [0, 0.1) is 11.8 Å². The largest absolute Gasteiger partial charge is 0.472 e. The van der Waals surface area contributed by atoms with Crippen molar-refractivity contribution >= 4 is 39.5 Å². The molecule has 0 radical (unpaired) electrons. The van der Waals surface area contributed by atoms with Gasteiger partial charge in [0.15, 0.2) is 12.2 Å². The molecule has 0 saturated heterocycles. The van der Waals surface area contributed by atoms with E-state index >= 15 is 0 Å². The highest BCUT2D eigenvalue weighted by molar-refractivity contribution is 7.47. The van der Waals surface area contributed by atoms with E-state index < -0.39 is 97.5 Å². The van der Waals surface area contributed by atoms with Crippen molar-refractivity contribution in [1.29, 1.82) is 0 Å². The average molecular weight is 1350 g/mol. The van der Waals surface area contributed by atoms with E-state index in [1.807, 2.05) is 0 Å². The van der Waals surface area contributed by atoms with Crippen LogP contribution in [0.4, 0.5) is 0 Å². The minimum atomic E-state index is -4.95. The molecule has 92 heavy (non-hydrogen) atoms. The maximum atomic E-state index is 13.0. The van der Waals surface area contributed by atoms with Gasteiger partial charge in [-0.3, -0.25) is 37.3 Å². The molecule has 0 aromatic heterocycles. The smallest absolute Gasteiger partial charge is 0.462 e. The average Bonchev–Trinajstić information content (AvgIpc) is 1.91. The molecule has 0 rings (SSSR count). The van der Waals surface area contributed by atoms with Crippen molar-refractivity contribution in [3.8, 4) is 0 Å². The predicted molar refractivity (Wildman–Crippen MR) is 372 cm³/mol. The van der Waals surface area contributed by atoms with E-state index in [-0.39, 0.29) is 25.7 Å². The molecule has 0 aliphatic heterocycles. The molecule has 2 unspecified atom stereocenters. The van der Waals surface area contributed by atoms with Crippen LogP contribution in [-0.2, 0) is 65.4 Å². The molecule has 0 saturated carbocycles. The van der Waals surface area contributed by atoms with Gasteiger partial charge in [-0.1, -0.05) is 324 Å². The quantitative estimate of drug-likeness (QED) is 0.0222. The Morgan fingerprint density at radius 1 is 0.293 bits per heavy atom. The van der Waals surface area contributed by atoms with Gasteiger partial charge >= 0.3 is 39.5 Å². The highest BCUT2D eigenvalue weighted by atomic mass is 31.2. The lowest BCUT2D eigenvalue weighted by molar-refractivity contribution is -0.161. The number of aliphatic hydroxyl groups excluding tert-OH is 1. The first-order chi connectivity index (χ1) is 44.4. The standard InChI is InChI=1S/C73H142O17P2/c1-7-9-11-13-15-17-18-19-20-21-22-23-24-25-26-27-28-29-30-39-45-51-57-72(77)89-69(62-84-71(76)56-50-44-38-33-31-35-41-47-53-65(3)4)64-88-92(81,82)86-60-67(74)59-85-91(79,80)87-63-68(61-83-70(75)55-49-43-37-16-14-12-10-8-2)90-73(78)58-52-46-40-34-32-36-42-48-54-66(5)6/h65-69,74H,7-64H2,1-6H3,(H,79,80)(H,81,82)/t67-,68+,69+/m0/s1. The molecule has 3 N–H and O–H groups in total. The third kappa shape index (κ3) is 66.7. The Morgan fingerprint density at radius 3 is 0.739 bits per heavy atom. The molecule has 546 valence electrons. The van der Waals surface area contributed by atoms with E-state index in [0.717, 1.165) is 108 Å². The van der Waals surface area contributed by atoms with E-state index in [1.165, 1.54) is 186 Å². The zero-order valence-corrected chi connectivity index (χ0v) is 61.6. The number of phosphoric acid groups is 2. The lowest BCUT2D eigenvalue weighted by atomic mass is 10.0. The number of hydrogen-bond donors (Lipinski definition) is 3. The molecular weight excluding hydrogens is 1210 g/mol. The van der Waals surface area contributed by atoms with Gasteiger partial charge in [-0.15, -0.1) is 0 Å². The lowest BCUT2D eigenvalue weighted by Gasteiger charge is -2.21. The summed E-state index contributed by atoms with van der Waals surface area (Å²) in [7, 11) is -9.90. The first-order valence-electron chi connectivity index (χ1n) is 38.0. The zero-order valence-electron chi connectivity index (χ0n) is 59.9. The van der Waals surface area contributed by atoms with Crippen LogP contribution in [-0.4, -0.2) is 96.7 Å². The van der Waals surface area contributed by atoms with Gasteiger partial charge in [0.25, 0.3) is 0 Å². The number of carbonyl (C=O) groups is 4. The summed E-state index contributed by atoms with van der Waals surface area (Å²) in [4.78, 5) is 72.5. The fourth-order valence-corrected chi connectivity index (χ4v) is 12.7. The van der Waals surface area contributed by atoms with Crippen LogP contribution < -0.4 is 0 Å². The summed E-state index contributed by atoms with van der Waals surface area (Å²) in [5.74, 6) is -0.683. The fraction of sp³-hybridized carbons (Fsp3) is 0.945. The Morgan fingerprint density at radius 2 is 0.500 bits per heavy atom. The summed E-state index contributed by atoms with van der Waals surface area (Å²) in [5, 5.41) is 10.6. The van der Waals surface area contributed by atoms with Crippen molar-refractivity contribution in [2.45, 2.75) is 394 Å². The topological polar surface area (TPSA) is 237 Å². The van der Waals surface area contributed by atoms with Gasteiger partial charge in [0.2, 0.25) is 0 Å². The van der Waals surface area contributed by atoms with Crippen molar-refractivity contribution in [3.05, 3.63) is 0 Å². The number of unbranched alkanes of at least 4 members (excludes halogenated alkanes) is 42. The summed E-state index contributed by atoms with van der Waals surface area (Å²) < 4.78 is 68.3. The van der Waals surface area contributed by atoms with E-state index in [2.05, 4.69) is 41.5 Å². The molecule has 5 atom stereocenters. The fourth-order valence-electron chi connectivity index (χ4n) is 11.1. The molecule has 0 spiro atoms. The van der Waals surface area contributed by atoms with Gasteiger partial charge < -0.3 is 33.8 Å². The Labute approximate surface area is 562 Å². The first-order valence-corrected chi connectivity index (χ1v) is 41.0. The number of ether oxygens (including phenoxy) is 4. The number of carbonyl (C=O) groups excluding carboxylic acids is 4. The van der Waals surface area contributed by atoms with Crippen LogP contribution >= 0.6 is 15.6 Å². The Hall–Kier alpha value is -1.94. The SMILES string of the molecule is CCCCCCCCCCCCCCCCCCCCCCCCC(=O)O[C@H](COC(=O)CCCCCCCCCCC(C)C)COP(=O)(O)OC[C@@H](O)COP(=O)(O)OC[C@@H](COC(=O)CCCCCCCCCC)OC(=O)CCCCCCCCCCC(C)C. The van der Waals surface area contributed by atoms with Gasteiger partial charge in [0, 0.05) is 25.7 Å². The van der Waals surface area contributed by atoms with Crippen molar-refractivity contribution in [1.82, 2.24) is 0 Å². The van der Waals surface area contributed by atoms with Crippen molar-refractivity contribution in [3.63, 3.8) is 0 Å². The molecule has 0 aromatic carbocycles. The summed E-state index contributed by atoms with van der Waals surface area (Å²) in [5.41, 5.74) is 0. The van der Waals surface area contributed by atoms with Crippen LogP contribution in [0.25, 0.3) is 0 Å². The molecule has 0 aliphatic rings. The van der Waals surface area contributed by atoms with Crippen LogP contribution in [0.1, 0.15) is 375 Å². The van der Waals surface area contributed by atoms with Gasteiger partial charge in [0.1, 0.15) is 19.3 Å². The summed E-state index contributed by atoms with van der Waals surface area (Å²) in [6.45, 7) is 9.46. The second kappa shape index (κ2) is 65.0. The lowest BCUT2D eigenvalue weighted by Crippen LogP contribution is -2.30. The molecule has 0 aromatic rings. The molecular formula is C73H142O17P2. The van der Waals surface area contributed by atoms with E-state index in [9.17, 15) is 43.2 Å². The highest BCUT2D eigenvalue weighted by Crippen LogP contribution is 2.45. The molecule has 19 heteroatoms. The molecule has 17 nitrogen and oxygen atoms in total. The summed E-state index contributed by atoms with van der Waals surface area (Å²) >= 11 is 0. The van der Waals surface area contributed by atoms with Gasteiger partial charge in [-0.2, -0.15) is 0 Å². The zero-order chi connectivity index (χ0) is 67.9. The van der Waals surface area contributed by atoms with Crippen molar-refractivity contribution < 1.29 is 80.2 Å². The number of rotatable bonds is 72. The van der Waals surface area contributed by atoms with E-state index in [0.29, 0.717) is 25.7 Å². The molecule has 0 bridgehead atoms. The Balaban J connectivity index is 5.13. The van der Waals surface area contributed by atoms with Crippen LogP contribution in [0.15, 0.2) is 0 Å². The summed E-state index contributed by atoms with van der Waals surface area (Å²) in [6, 6.07) is 0. The van der Waals surface area contributed by atoms with Gasteiger partial charge in [0.05, 0.1) is 26.4 Å². The second-order valence-corrected chi connectivity index (χ2v) is 30.2. The molecule has 0 aliphatic carbocycles. The Kier molecular flexibility index (Phi) is 63.7. The van der Waals surface area contributed by atoms with Crippen LogP contribution in [0.5, 0.6) is 0 Å². The van der Waals surface area contributed by atoms with E-state index in [4.69, 9.17) is 37.0 Å². The van der Waals surface area contributed by atoms with Gasteiger partial charge in [-0.25, -0.2) is 9.13 Å². The predicted octanol–water partition coefficient (Wildman–Crippen LogP) is 21.2. The third-order valence-electron chi connectivity index (χ3n) is 17.0. The van der Waals surface area contributed by atoms with Crippen LogP contribution in [0.2, 0.25) is 0 Å². The van der Waals surface area contributed by atoms with Crippen LogP contribution in [0.3, 0.4) is 0 Å². The normalized spacial score (nSPS) is 14.1. The number of esters is 4. The maximum absolute atomic E-state index is 13.0. The minimum absolute atomic E-state index is 0.104. The molecule has 0 fully saturated rings. The van der Waals surface area contributed by atoms with E-state index in [1.54, 1.807) is 0 Å². The number of aliphatic hydroxyl groups is 1. The molecule has 0 heterocycles. The van der Waals surface area contributed by atoms with Crippen molar-refractivity contribution in [2.75, 3.05) is 39.6 Å². The second-order valence-electron chi connectivity index (χ2n) is 27.3. The first kappa shape index (κ1) is 90.1. The Bertz CT molecular complexity index is 1790. The third-order valence-corrected chi connectivity index (χ3v) is 18.9. The number of hydrogen-bond acceptors (Lipinski definition) is 15. The summed E-state index contributed by atoms with van der Waals surface area (Å²) in [6.07, 6.45) is 51.7. The number of phosphoric ester groups is 2. The van der Waals surface area contributed by atoms with Gasteiger partial charge in [-0.05, 0) is 37.5 Å². The maximum Gasteiger partial charge on any atom is 0.472 e. The minimum Gasteiger partial charge on any atom is -0.462 e.